The molecular weight excluding hydrogens is 686 g/mol. The maximum absolute atomic E-state index is 14.6. The van der Waals surface area contributed by atoms with Crippen molar-refractivity contribution in [1.29, 1.82) is 0 Å². The molecule has 10 heteroatoms. The van der Waals surface area contributed by atoms with Crippen LogP contribution in [0.4, 0.5) is 5.69 Å². The largest absolute Gasteiger partial charge is 0.350 e. The van der Waals surface area contributed by atoms with Gasteiger partial charge >= 0.3 is 0 Å². The maximum Gasteiger partial charge on any atom is 0.264 e. The SMILES string of the molecule is Cc1ccc(S(=O)(=O)N(CC(=O)N(Cc2ccc(Br)cc2)[C@H](Cc2ccccc2)C(=O)NC(C)(C)C)c2ccc(C)c(Cl)c2)cc1. The molecule has 0 aliphatic rings. The van der Waals surface area contributed by atoms with Crippen molar-refractivity contribution in [2.45, 2.75) is 64.1 Å². The van der Waals surface area contributed by atoms with Crippen LogP contribution in [0.2, 0.25) is 5.02 Å². The standard InChI is InChI=1S/C36H39BrClN3O4S/c1-25-11-19-31(20-12-25)46(44,45)41(30-18-13-26(2)32(38)22-30)24-34(42)40(23-28-14-16-29(37)17-15-28)33(35(43)39-36(3,4)5)21-27-9-7-6-8-10-27/h6-20,22,33H,21,23-24H2,1-5H3,(H,39,43)/t33-/m1/s1. The van der Waals surface area contributed by atoms with Crippen LogP contribution in [0.1, 0.15) is 43.0 Å². The van der Waals surface area contributed by atoms with Gasteiger partial charge in [-0.05, 0) is 87.7 Å². The lowest BCUT2D eigenvalue weighted by Crippen LogP contribution is -2.56. The highest BCUT2D eigenvalue weighted by Gasteiger charge is 2.35. The number of sulfonamides is 1. The number of nitrogens with zero attached hydrogens (tertiary/aromatic N) is 2. The Morgan fingerprint density at radius 3 is 2.09 bits per heavy atom. The fourth-order valence-corrected chi connectivity index (χ4v) is 6.74. The number of rotatable bonds is 11. The van der Waals surface area contributed by atoms with Gasteiger partial charge in [-0.25, -0.2) is 8.42 Å². The highest BCUT2D eigenvalue weighted by Crippen LogP contribution is 2.29. The maximum atomic E-state index is 14.6. The van der Waals surface area contributed by atoms with E-state index in [0.29, 0.717) is 5.02 Å². The van der Waals surface area contributed by atoms with Gasteiger partial charge in [0.25, 0.3) is 10.0 Å². The molecule has 2 amide bonds. The number of benzene rings is 4. The van der Waals surface area contributed by atoms with E-state index in [9.17, 15) is 18.0 Å². The first-order chi connectivity index (χ1) is 21.6. The predicted octanol–water partition coefficient (Wildman–Crippen LogP) is 7.47. The number of carbonyl (C=O) groups excluding carboxylic acids is 2. The average molecular weight is 725 g/mol. The van der Waals surface area contributed by atoms with Crippen molar-refractivity contribution in [1.82, 2.24) is 10.2 Å². The van der Waals surface area contributed by atoms with Gasteiger partial charge in [-0.15, -0.1) is 0 Å². The number of amides is 2. The van der Waals surface area contributed by atoms with Gasteiger partial charge < -0.3 is 10.2 Å². The van der Waals surface area contributed by atoms with Gasteiger partial charge in [0.15, 0.2) is 0 Å². The summed E-state index contributed by atoms with van der Waals surface area (Å²) < 4.78 is 30.3. The molecule has 1 N–H and O–H groups in total. The highest BCUT2D eigenvalue weighted by atomic mass is 79.9. The fourth-order valence-electron chi connectivity index (χ4n) is 4.90. The van der Waals surface area contributed by atoms with Crippen LogP contribution < -0.4 is 9.62 Å². The Labute approximate surface area is 285 Å². The molecule has 0 spiro atoms. The average Bonchev–Trinajstić information content (AvgIpc) is 2.99. The lowest BCUT2D eigenvalue weighted by molar-refractivity contribution is -0.140. The Balaban J connectivity index is 1.83. The van der Waals surface area contributed by atoms with Crippen molar-refractivity contribution in [3.63, 3.8) is 0 Å². The van der Waals surface area contributed by atoms with E-state index < -0.39 is 34.1 Å². The van der Waals surface area contributed by atoms with Gasteiger partial charge in [-0.3, -0.25) is 13.9 Å². The second-order valence-electron chi connectivity index (χ2n) is 12.4. The summed E-state index contributed by atoms with van der Waals surface area (Å²) in [6, 6.07) is 27.3. The van der Waals surface area contributed by atoms with Gasteiger partial charge in [0, 0.05) is 28.0 Å². The molecule has 0 aromatic heterocycles. The van der Waals surface area contributed by atoms with Crippen molar-refractivity contribution < 1.29 is 18.0 Å². The number of hydrogen-bond acceptors (Lipinski definition) is 4. The summed E-state index contributed by atoms with van der Waals surface area (Å²) in [5, 5.41) is 3.41. The van der Waals surface area contributed by atoms with Gasteiger partial charge in [-0.1, -0.05) is 93.8 Å². The third-order valence-electron chi connectivity index (χ3n) is 7.37. The van der Waals surface area contributed by atoms with Gasteiger partial charge in [0.05, 0.1) is 10.6 Å². The van der Waals surface area contributed by atoms with E-state index in [2.05, 4.69) is 21.2 Å². The van der Waals surface area contributed by atoms with Crippen LogP contribution in [0.3, 0.4) is 0 Å². The number of anilines is 1. The van der Waals surface area contributed by atoms with Gasteiger partial charge in [0.2, 0.25) is 11.8 Å². The number of nitrogens with one attached hydrogen (secondary N) is 1. The molecule has 4 aromatic rings. The molecule has 0 aliphatic carbocycles. The van der Waals surface area contributed by atoms with Crippen LogP contribution in [-0.2, 0) is 32.6 Å². The zero-order valence-corrected chi connectivity index (χ0v) is 29.8. The van der Waals surface area contributed by atoms with Crippen molar-refractivity contribution in [2.75, 3.05) is 10.8 Å². The summed E-state index contributed by atoms with van der Waals surface area (Å²) in [5.74, 6) is -0.881. The Kier molecular flexibility index (Phi) is 11.4. The molecule has 0 radical (unpaired) electrons. The molecule has 1 atom stereocenters. The Morgan fingerprint density at radius 1 is 0.870 bits per heavy atom. The quantitative estimate of drug-likeness (QED) is 0.174. The molecule has 46 heavy (non-hydrogen) atoms. The molecular formula is C36H39BrClN3O4S. The van der Waals surface area contributed by atoms with Crippen LogP contribution in [0.15, 0.2) is 106 Å². The smallest absolute Gasteiger partial charge is 0.264 e. The first-order valence-corrected chi connectivity index (χ1v) is 17.5. The Bertz CT molecular complexity index is 1780. The second kappa shape index (κ2) is 14.8. The first-order valence-electron chi connectivity index (χ1n) is 14.9. The normalized spacial score (nSPS) is 12.3. The summed E-state index contributed by atoms with van der Waals surface area (Å²) in [6.45, 7) is 8.84. The molecule has 0 saturated heterocycles. The van der Waals surface area contributed by atoms with Crippen LogP contribution in [0, 0.1) is 13.8 Å². The summed E-state index contributed by atoms with van der Waals surface area (Å²) in [6.07, 6.45) is 0.228. The molecule has 0 bridgehead atoms. The summed E-state index contributed by atoms with van der Waals surface area (Å²) in [5.41, 5.74) is 2.98. The summed E-state index contributed by atoms with van der Waals surface area (Å²) in [4.78, 5) is 30.1. The first kappa shape index (κ1) is 35.2. The summed E-state index contributed by atoms with van der Waals surface area (Å²) >= 11 is 9.92. The van der Waals surface area contributed by atoms with E-state index >= 15 is 0 Å². The lowest BCUT2D eigenvalue weighted by atomic mass is 10.0. The minimum absolute atomic E-state index is 0.0355. The fraction of sp³-hybridized carbons (Fsp3) is 0.278. The van der Waals surface area contributed by atoms with Gasteiger partial charge in [-0.2, -0.15) is 0 Å². The zero-order valence-electron chi connectivity index (χ0n) is 26.6. The van der Waals surface area contributed by atoms with Crippen LogP contribution in [0.5, 0.6) is 0 Å². The molecule has 0 unspecified atom stereocenters. The van der Waals surface area contributed by atoms with Crippen molar-refractivity contribution in [2.24, 2.45) is 0 Å². The molecule has 0 saturated carbocycles. The topological polar surface area (TPSA) is 86.8 Å². The number of carbonyl (C=O) groups is 2. The van der Waals surface area contributed by atoms with E-state index in [1.807, 2.05) is 89.2 Å². The van der Waals surface area contributed by atoms with E-state index in [1.165, 1.54) is 17.0 Å². The highest BCUT2D eigenvalue weighted by molar-refractivity contribution is 9.10. The number of hydrogen-bond donors (Lipinski definition) is 1. The Morgan fingerprint density at radius 2 is 1.50 bits per heavy atom. The Hall–Kier alpha value is -3.66. The molecule has 0 aliphatic heterocycles. The second-order valence-corrected chi connectivity index (χ2v) is 15.5. The molecule has 4 aromatic carbocycles. The van der Waals surface area contributed by atoms with E-state index in [0.717, 1.165) is 31.0 Å². The van der Waals surface area contributed by atoms with Crippen molar-refractivity contribution in [3.05, 3.63) is 129 Å². The summed E-state index contributed by atoms with van der Waals surface area (Å²) in [7, 11) is -4.22. The molecule has 242 valence electrons. The van der Waals surface area contributed by atoms with Crippen LogP contribution >= 0.6 is 27.5 Å². The number of halogens is 2. The lowest BCUT2D eigenvalue weighted by Gasteiger charge is -2.35. The molecule has 0 heterocycles. The van der Waals surface area contributed by atoms with Crippen molar-refractivity contribution in [3.8, 4) is 0 Å². The van der Waals surface area contributed by atoms with Gasteiger partial charge in [0.1, 0.15) is 12.6 Å². The van der Waals surface area contributed by atoms with Crippen LogP contribution in [0.25, 0.3) is 0 Å². The predicted molar refractivity (Wildman–Crippen MR) is 188 cm³/mol. The third kappa shape index (κ3) is 9.21. The van der Waals surface area contributed by atoms with Crippen LogP contribution in [-0.4, -0.2) is 43.3 Å². The van der Waals surface area contributed by atoms with E-state index in [-0.39, 0.29) is 29.5 Å². The minimum atomic E-state index is -4.22. The minimum Gasteiger partial charge on any atom is -0.350 e. The molecule has 0 fully saturated rings. The monoisotopic (exact) mass is 723 g/mol. The zero-order chi connectivity index (χ0) is 33.6. The number of aryl methyl sites for hydroxylation is 2. The molecule has 7 nitrogen and oxygen atoms in total. The van der Waals surface area contributed by atoms with E-state index in [4.69, 9.17) is 11.6 Å². The van der Waals surface area contributed by atoms with E-state index in [1.54, 1.807) is 30.3 Å². The molecule has 4 rings (SSSR count). The third-order valence-corrected chi connectivity index (χ3v) is 10.1. The van der Waals surface area contributed by atoms with Crippen molar-refractivity contribution >= 4 is 55.1 Å².